The molecule has 1 amide bonds. The molecule has 0 aliphatic carbocycles. The Balaban J connectivity index is 1.36. The second-order valence-electron chi connectivity index (χ2n) is 8.71. The van der Waals surface area contributed by atoms with Gasteiger partial charge in [0.15, 0.2) is 0 Å². The smallest absolute Gasteiger partial charge is 0.248 e. The van der Waals surface area contributed by atoms with Crippen LogP contribution in [0.5, 0.6) is 11.5 Å². The summed E-state index contributed by atoms with van der Waals surface area (Å²) >= 11 is 6.56. The number of amides is 1. The molecule has 4 aromatic rings. The maximum Gasteiger partial charge on any atom is 0.248 e. The third-order valence-electron chi connectivity index (χ3n) is 6.10. The van der Waals surface area contributed by atoms with Crippen LogP contribution < -0.4 is 25.4 Å². The Morgan fingerprint density at radius 3 is 2.71 bits per heavy atom. The molecule has 1 fully saturated rings. The fourth-order valence-electron chi connectivity index (χ4n) is 4.15. The maximum atomic E-state index is 12.7. The van der Waals surface area contributed by atoms with Crippen molar-refractivity contribution in [2.45, 2.75) is 19.4 Å². The molecule has 3 N–H and O–H groups in total. The number of anilines is 3. The Hall–Kier alpha value is -4.21. The van der Waals surface area contributed by atoms with Gasteiger partial charge in [-0.25, -0.2) is 9.97 Å². The Morgan fingerprint density at radius 2 is 1.95 bits per heavy atom. The minimum atomic E-state index is -0.199. The van der Waals surface area contributed by atoms with Crippen molar-refractivity contribution in [2.24, 2.45) is 0 Å². The van der Waals surface area contributed by atoms with Gasteiger partial charge in [-0.1, -0.05) is 23.2 Å². The van der Waals surface area contributed by atoms with Crippen LogP contribution in [-0.4, -0.2) is 41.1 Å². The highest BCUT2D eigenvalue weighted by molar-refractivity contribution is 6.33. The molecule has 9 nitrogen and oxygen atoms in total. The normalized spacial score (nSPS) is 13.2. The zero-order valence-corrected chi connectivity index (χ0v) is 21.6. The van der Waals surface area contributed by atoms with Gasteiger partial charge in [-0.3, -0.25) is 9.78 Å². The topological polar surface area (TPSA) is 110 Å². The average molecular weight is 531 g/mol. The number of aromatic nitrogens is 3. The molecule has 1 aliphatic rings. The number of ether oxygens (including phenoxy) is 2. The van der Waals surface area contributed by atoms with Crippen LogP contribution in [0.25, 0.3) is 10.9 Å². The van der Waals surface area contributed by atoms with Gasteiger partial charge in [-0.15, -0.1) is 0 Å². The number of pyridine rings is 1. The molecule has 0 bridgehead atoms. The van der Waals surface area contributed by atoms with Crippen LogP contribution in [0.4, 0.5) is 17.2 Å². The second-order valence-corrected chi connectivity index (χ2v) is 9.12. The minimum absolute atomic E-state index is 0.199. The predicted molar refractivity (Wildman–Crippen MR) is 148 cm³/mol. The van der Waals surface area contributed by atoms with E-state index in [2.05, 4.69) is 30.9 Å². The summed E-state index contributed by atoms with van der Waals surface area (Å²) < 4.78 is 11.3. The van der Waals surface area contributed by atoms with Crippen LogP contribution in [0.1, 0.15) is 18.5 Å². The molecule has 2 aromatic heterocycles. The summed E-state index contributed by atoms with van der Waals surface area (Å²) in [7, 11) is 1.56. The lowest BCUT2D eigenvalue weighted by molar-refractivity contribution is -0.112. The van der Waals surface area contributed by atoms with Crippen LogP contribution in [0.2, 0.25) is 5.02 Å². The molecule has 3 heterocycles. The largest absolute Gasteiger partial charge is 0.494 e. The second kappa shape index (κ2) is 11.9. The highest BCUT2D eigenvalue weighted by Crippen LogP contribution is 2.35. The summed E-state index contributed by atoms with van der Waals surface area (Å²) in [5.41, 5.74) is 3.77. The highest BCUT2D eigenvalue weighted by Gasteiger charge is 2.14. The summed E-state index contributed by atoms with van der Waals surface area (Å²) in [6.07, 6.45) is 6.57. The Morgan fingerprint density at radius 1 is 1.08 bits per heavy atom. The van der Waals surface area contributed by atoms with Crippen LogP contribution in [0.15, 0.2) is 72.7 Å². The van der Waals surface area contributed by atoms with Crippen molar-refractivity contribution in [2.75, 3.05) is 30.8 Å². The molecule has 0 unspecified atom stereocenters. The van der Waals surface area contributed by atoms with Gasteiger partial charge in [0, 0.05) is 29.8 Å². The number of benzene rings is 2. The Kier molecular flexibility index (Phi) is 7.96. The summed E-state index contributed by atoms with van der Waals surface area (Å²) in [6.45, 7) is 2.10. The Labute approximate surface area is 225 Å². The van der Waals surface area contributed by atoms with Crippen molar-refractivity contribution in [1.82, 2.24) is 20.3 Å². The molecule has 0 saturated carbocycles. The van der Waals surface area contributed by atoms with Gasteiger partial charge >= 0.3 is 0 Å². The van der Waals surface area contributed by atoms with E-state index in [1.54, 1.807) is 37.6 Å². The van der Waals surface area contributed by atoms with E-state index >= 15 is 0 Å². The first-order valence-corrected chi connectivity index (χ1v) is 12.6. The van der Waals surface area contributed by atoms with Gasteiger partial charge in [0.2, 0.25) is 5.91 Å². The fraction of sp³-hybridized carbons (Fsp3) is 0.214. The van der Waals surface area contributed by atoms with E-state index in [4.69, 9.17) is 21.1 Å². The van der Waals surface area contributed by atoms with Crippen molar-refractivity contribution in [3.8, 4) is 11.5 Å². The lowest BCUT2D eigenvalue weighted by atomic mass is 10.1. The first-order chi connectivity index (χ1) is 18.6. The van der Waals surface area contributed by atoms with Crippen LogP contribution in [0.3, 0.4) is 0 Å². The zero-order valence-electron chi connectivity index (χ0n) is 20.8. The molecule has 5 rings (SSSR count). The van der Waals surface area contributed by atoms with Gasteiger partial charge < -0.3 is 25.4 Å². The maximum absolute atomic E-state index is 12.7. The number of rotatable bonds is 8. The minimum Gasteiger partial charge on any atom is -0.494 e. The monoisotopic (exact) mass is 530 g/mol. The number of piperidine rings is 1. The number of methoxy groups -OCH3 is 1. The van der Waals surface area contributed by atoms with Crippen LogP contribution >= 0.6 is 11.6 Å². The lowest BCUT2D eigenvalue weighted by Crippen LogP contribution is -2.24. The molecule has 2 aromatic carbocycles. The summed E-state index contributed by atoms with van der Waals surface area (Å²) in [5.74, 6) is 1.46. The van der Waals surface area contributed by atoms with Crippen LogP contribution in [0, 0.1) is 0 Å². The molecule has 0 spiro atoms. The van der Waals surface area contributed by atoms with E-state index in [9.17, 15) is 4.79 Å². The molecule has 38 heavy (non-hydrogen) atoms. The number of nitrogens with one attached hydrogen (secondary N) is 3. The molecule has 1 saturated heterocycles. The van der Waals surface area contributed by atoms with Gasteiger partial charge in [0.1, 0.15) is 30.3 Å². The van der Waals surface area contributed by atoms with E-state index in [0.717, 1.165) is 37.2 Å². The van der Waals surface area contributed by atoms with Crippen molar-refractivity contribution < 1.29 is 14.3 Å². The Bertz CT molecular complexity index is 1470. The number of halogens is 1. The van der Waals surface area contributed by atoms with Crippen LogP contribution in [-0.2, 0) is 11.4 Å². The molecular formula is C28H27ClN6O3. The number of carbonyl (C=O) groups is 1. The summed E-state index contributed by atoms with van der Waals surface area (Å²) in [4.78, 5) is 25.8. The van der Waals surface area contributed by atoms with Gasteiger partial charge in [-0.2, -0.15) is 0 Å². The van der Waals surface area contributed by atoms with Gasteiger partial charge in [0.05, 0.1) is 34.7 Å². The van der Waals surface area contributed by atoms with E-state index in [1.165, 1.54) is 6.33 Å². The fourth-order valence-corrected chi connectivity index (χ4v) is 4.37. The van der Waals surface area contributed by atoms with E-state index in [0.29, 0.717) is 51.2 Å². The third-order valence-corrected chi connectivity index (χ3v) is 6.41. The van der Waals surface area contributed by atoms with Crippen molar-refractivity contribution in [1.29, 1.82) is 0 Å². The average Bonchev–Trinajstić information content (AvgIpc) is 2.94. The standard InChI is InChI=1S/C28H27ClN6O3/c1-37-26-15-24-21(14-25(26)34-27(36)12-18-7-10-30-11-8-18)28(33-17-32-24)35-23-6-5-20(13-22(23)29)38-16-19-4-2-3-9-31-19/h2-6,9,12-15,17,30H,7-8,10-11,16H2,1H3,(H,34,36)(H,32,33,35). The predicted octanol–water partition coefficient (Wildman–Crippen LogP) is 5.26. The van der Waals surface area contributed by atoms with Crippen molar-refractivity contribution in [3.63, 3.8) is 0 Å². The number of carbonyl (C=O) groups excluding carboxylic acids is 1. The first kappa shape index (κ1) is 25.4. The van der Waals surface area contributed by atoms with E-state index in [-0.39, 0.29) is 5.91 Å². The molecular weight excluding hydrogens is 504 g/mol. The molecule has 1 aliphatic heterocycles. The van der Waals surface area contributed by atoms with E-state index < -0.39 is 0 Å². The lowest BCUT2D eigenvalue weighted by Gasteiger charge is -2.16. The van der Waals surface area contributed by atoms with Gasteiger partial charge in [-0.05, 0) is 56.3 Å². The van der Waals surface area contributed by atoms with Crippen molar-refractivity contribution in [3.05, 3.63) is 83.4 Å². The SMILES string of the molecule is COc1cc2ncnc(Nc3ccc(OCc4ccccn4)cc3Cl)c2cc1NC(=O)C=C1CCNCC1. The first-order valence-electron chi connectivity index (χ1n) is 12.2. The number of hydrogen-bond acceptors (Lipinski definition) is 8. The van der Waals surface area contributed by atoms with Crippen molar-refractivity contribution >= 4 is 45.6 Å². The highest BCUT2D eigenvalue weighted by atomic mass is 35.5. The number of hydrogen-bond donors (Lipinski definition) is 3. The summed E-state index contributed by atoms with van der Waals surface area (Å²) in [5, 5.41) is 10.7. The molecule has 10 heteroatoms. The molecule has 194 valence electrons. The zero-order chi connectivity index (χ0) is 26.3. The van der Waals surface area contributed by atoms with E-state index in [1.807, 2.05) is 30.3 Å². The molecule has 0 atom stereocenters. The summed E-state index contributed by atoms with van der Waals surface area (Å²) in [6, 6.07) is 14.6. The van der Waals surface area contributed by atoms with Gasteiger partial charge in [0.25, 0.3) is 0 Å². The number of fused-ring (bicyclic) bond motifs is 1. The number of nitrogens with zero attached hydrogens (tertiary/aromatic N) is 3. The quantitative estimate of drug-likeness (QED) is 0.265. The molecule has 0 radical (unpaired) electrons. The third kappa shape index (κ3) is 6.19.